The predicted octanol–water partition coefficient (Wildman–Crippen LogP) is 12.3. The average molecular weight is 563 g/mol. The molecule has 0 nitrogen and oxygen atoms in total. The van der Waals surface area contributed by atoms with E-state index in [-0.39, 0.29) is 0 Å². The van der Waals surface area contributed by atoms with Gasteiger partial charge in [-0.25, -0.2) is 0 Å². The number of allylic oxidation sites excluding steroid dienone is 2. The van der Waals surface area contributed by atoms with Crippen LogP contribution in [0.15, 0.2) is 35.4 Å². The fraction of sp³-hybridized carbons (Fsp3) is 0.619. The smallest absolute Gasteiger partial charge is 0.00574 e. The normalized spacial score (nSPS) is 22.5. The Morgan fingerprint density at radius 3 is 1.29 bits per heavy atom. The molecule has 4 aliphatic carbocycles. The minimum absolute atomic E-state index is 0.512. The highest BCUT2D eigenvalue weighted by Gasteiger charge is 2.39. The van der Waals surface area contributed by atoms with Crippen LogP contribution in [-0.2, 0) is 25.7 Å². The van der Waals surface area contributed by atoms with E-state index in [0.29, 0.717) is 22.7 Å². The largest absolute Gasteiger partial charge is 0.0648 e. The van der Waals surface area contributed by atoms with Gasteiger partial charge in [-0.2, -0.15) is 0 Å². The zero-order chi connectivity index (χ0) is 29.5. The molecular formula is C42H58. The second-order valence-electron chi connectivity index (χ2n) is 14.8. The average Bonchev–Trinajstić information content (AvgIpc) is 3.78. The number of hydrogen-bond acceptors (Lipinski definition) is 0. The number of hydrogen-bond donors (Lipinski definition) is 0. The van der Waals surface area contributed by atoms with E-state index in [0.717, 1.165) is 0 Å². The van der Waals surface area contributed by atoms with Gasteiger partial charge >= 0.3 is 0 Å². The van der Waals surface area contributed by atoms with Crippen molar-refractivity contribution in [3.05, 3.63) is 79.9 Å². The lowest BCUT2D eigenvalue weighted by Gasteiger charge is -2.25. The van der Waals surface area contributed by atoms with Gasteiger partial charge in [0.05, 0.1) is 0 Å². The van der Waals surface area contributed by atoms with Crippen molar-refractivity contribution in [1.29, 1.82) is 0 Å². The molecule has 226 valence electrons. The van der Waals surface area contributed by atoms with Gasteiger partial charge in [-0.15, -0.1) is 0 Å². The molecule has 0 aliphatic heterocycles. The van der Waals surface area contributed by atoms with Gasteiger partial charge in [0.2, 0.25) is 0 Å². The van der Waals surface area contributed by atoms with Crippen LogP contribution in [0.1, 0.15) is 175 Å². The highest BCUT2D eigenvalue weighted by molar-refractivity contribution is 5.72. The molecule has 0 fully saturated rings. The topological polar surface area (TPSA) is 0 Å². The number of benzene rings is 2. The third kappa shape index (κ3) is 5.08. The Bertz CT molecular complexity index is 1250. The Hall–Kier alpha value is -2.08. The molecule has 6 rings (SSSR count). The maximum atomic E-state index is 2.62. The van der Waals surface area contributed by atoms with Crippen LogP contribution >= 0.6 is 0 Å². The van der Waals surface area contributed by atoms with Crippen molar-refractivity contribution in [2.24, 2.45) is 10.8 Å². The highest BCUT2D eigenvalue weighted by atomic mass is 14.4. The first-order chi connectivity index (χ1) is 20.4. The summed E-state index contributed by atoms with van der Waals surface area (Å²) >= 11 is 0. The summed E-state index contributed by atoms with van der Waals surface area (Å²) in [5.41, 5.74) is 17.8. The molecule has 42 heavy (non-hydrogen) atoms. The predicted molar refractivity (Wildman–Crippen MR) is 183 cm³/mol. The molecule has 2 unspecified atom stereocenters. The van der Waals surface area contributed by atoms with Gasteiger partial charge in [-0.05, 0) is 132 Å². The lowest BCUT2D eigenvalue weighted by molar-refractivity contribution is 0.280. The monoisotopic (exact) mass is 562 g/mol. The van der Waals surface area contributed by atoms with Crippen LogP contribution in [0.25, 0.3) is 12.2 Å². The Morgan fingerprint density at radius 1 is 0.524 bits per heavy atom. The second-order valence-corrected chi connectivity index (χ2v) is 14.8. The van der Waals surface area contributed by atoms with Crippen LogP contribution in [-0.4, -0.2) is 0 Å². The van der Waals surface area contributed by atoms with Crippen LogP contribution in [0.5, 0.6) is 0 Å². The zero-order valence-electron chi connectivity index (χ0n) is 27.9. The van der Waals surface area contributed by atoms with Gasteiger partial charge in [0, 0.05) is 11.8 Å². The molecular weight excluding hydrogens is 504 g/mol. The summed E-state index contributed by atoms with van der Waals surface area (Å²) in [6.45, 7) is 14.4. The van der Waals surface area contributed by atoms with Crippen LogP contribution < -0.4 is 0 Å². The molecule has 0 heterocycles. The number of unbranched alkanes of at least 4 members (excludes halogenated alkanes) is 3. The van der Waals surface area contributed by atoms with E-state index in [1.54, 1.807) is 55.7 Å². The van der Waals surface area contributed by atoms with Crippen molar-refractivity contribution < 1.29 is 0 Å². The van der Waals surface area contributed by atoms with E-state index in [1.807, 2.05) is 0 Å². The maximum absolute atomic E-state index is 2.62. The summed E-state index contributed by atoms with van der Waals surface area (Å²) in [4.78, 5) is 0. The van der Waals surface area contributed by atoms with E-state index in [4.69, 9.17) is 0 Å². The summed E-state index contributed by atoms with van der Waals surface area (Å²) in [7, 11) is 0. The first kappa shape index (κ1) is 30.0. The molecule has 0 amide bonds. The van der Waals surface area contributed by atoms with Gasteiger partial charge in [0.25, 0.3) is 0 Å². The van der Waals surface area contributed by atoms with Crippen LogP contribution in [0.3, 0.4) is 0 Å². The lowest BCUT2D eigenvalue weighted by Crippen LogP contribution is -2.18. The summed E-state index contributed by atoms with van der Waals surface area (Å²) in [6, 6.07) is 10.1. The highest BCUT2D eigenvalue weighted by Crippen LogP contribution is 2.51. The first-order valence-electron chi connectivity index (χ1n) is 18.1. The lowest BCUT2D eigenvalue weighted by atomic mass is 9.79. The van der Waals surface area contributed by atoms with Gasteiger partial charge in [-0.3, -0.25) is 0 Å². The third-order valence-electron chi connectivity index (χ3n) is 13.1. The van der Waals surface area contributed by atoms with Crippen molar-refractivity contribution >= 4 is 12.2 Å². The molecule has 0 aromatic heterocycles. The Kier molecular flexibility index (Phi) is 8.66. The first-order valence-corrected chi connectivity index (χ1v) is 18.1. The fourth-order valence-corrected chi connectivity index (χ4v) is 9.74. The summed E-state index contributed by atoms with van der Waals surface area (Å²) in [5.74, 6) is 1.34. The van der Waals surface area contributed by atoms with E-state index >= 15 is 0 Å². The molecule has 0 bridgehead atoms. The Labute approximate surface area is 258 Å². The molecule has 4 aliphatic rings. The SMILES string of the molecule is CCC1=Cc2c(ccc3c2CC(CC)(CC)C3)C1CCCCCCC1C(CC)=Cc2c1ccc1c2CC(CC)(CC)C1. The summed E-state index contributed by atoms with van der Waals surface area (Å²) in [6.07, 6.45) is 26.3. The van der Waals surface area contributed by atoms with E-state index < -0.39 is 0 Å². The van der Waals surface area contributed by atoms with Gasteiger partial charge < -0.3 is 0 Å². The molecule has 0 heteroatoms. The quantitative estimate of drug-likeness (QED) is 0.213. The molecule has 2 atom stereocenters. The molecule has 0 N–H and O–H groups in total. The Balaban J connectivity index is 1.05. The molecule has 0 saturated heterocycles. The molecule has 2 aromatic carbocycles. The second kappa shape index (κ2) is 12.1. The van der Waals surface area contributed by atoms with Crippen molar-refractivity contribution in [2.75, 3.05) is 0 Å². The minimum atomic E-state index is 0.512. The van der Waals surface area contributed by atoms with E-state index in [2.05, 4.69) is 78.0 Å². The van der Waals surface area contributed by atoms with Crippen molar-refractivity contribution in [1.82, 2.24) is 0 Å². The molecule has 2 aromatic rings. The van der Waals surface area contributed by atoms with E-state index in [1.165, 1.54) is 103 Å². The standard InChI is InChI=1S/C42H58/c1-7-29-23-37-35(21-19-31-25-41(9-3,10-4)27-39(31)37)33(29)17-15-13-14-16-18-34-30(8-2)24-38-36(34)22-20-32-26-42(11-5,12-6)28-40(32)38/h19-24,33-34H,7-18,25-28H2,1-6H3. The summed E-state index contributed by atoms with van der Waals surface area (Å²) < 4.78 is 0. The van der Waals surface area contributed by atoms with Crippen LogP contribution in [0, 0.1) is 10.8 Å². The van der Waals surface area contributed by atoms with Crippen LogP contribution in [0.4, 0.5) is 0 Å². The van der Waals surface area contributed by atoms with Crippen LogP contribution in [0.2, 0.25) is 0 Å². The van der Waals surface area contributed by atoms with Crippen molar-refractivity contribution in [2.45, 2.75) is 156 Å². The summed E-state index contributed by atoms with van der Waals surface area (Å²) in [5, 5.41) is 0. The maximum Gasteiger partial charge on any atom is 0.00574 e. The van der Waals surface area contributed by atoms with Crippen molar-refractivity contribution in [3.63, 3.8) is 0 Å². The molecule has 0 saturated carbocycles. The van der Waals surface area contributed by atoms with Gasteiger partial charge in [-0.1, -0.05) is 115 Å². The number of rotatable bonds is 13. The molecule has 0 radical (unpaired) electrons. The molecule has 0 spiro atoms. The van der Waals surface area contributed by atoms with E-state index in [9.17, 15) is 0 Å². The van der Waals surface area contributed by atoms with Gasteiger partial charge in [0.15, 0.2) is 0 Å². The zero-order valence-corrected chi connectivity index (χ0v) is 27.9. The minimum Gasteiger partial charge on any atom is -0.0648 e. The fourth-order valence-electron chi connectivity index (χ4n) is 9.74. The van der Waals surface area contributed by atoms with Crippen molar-refractivity contribution in [3.8, 4) is 0 Å². The van der Waals surface area contributed by atoms with Gasteiger partial charge in [0.1, 0.15) is 0 Å². The third-order valence-corrected chi connectivity index (χ3v) is 13.1. The Morgan fingerprint density at radius 2 is 0.929 bits per heavy atom. The number of fused-ring (bicyclic) bond motifs is 6.